The van der Waals surface area contributed by atoms with Crippen molar-refractivity contribution >= 4 is 5.91 Å². The summed E-state index contributed by atoms with van der Waals surface area (Å²) in [5.74, 6) is 1.36. The third-order valence-electron chi connectivity index (χ3n) is 8.90. The highest BCUT2D eigenvalue weighted by molar-refractivity contribution is 5.80. The maximum Gasteiger partial charge on any atom is 0.223 e. The van der Waals surface area contributed by atoms with Crippen LogP contribution in [-0.4, -0.2) is 41.7 Å². The van der Waals surface area contributed by atoms with Crippen LogP contribution in [0.3, 0.4) is 0 Å². The SMILES string of the molecule is COc1ccc(C[C@H]2[C@@H](OCc3ccccc3)[C@H]3C[C@]4(CCC(=O)N24)CC[C@@H]3OCc2ccccc2)cc1. The van der Waals surface area contributed by atoms with Crippen molar-refractivity contribution in [2.45, 2.75) is 75.5 Å². The van der Waals surface area contributed by atoms with Crippen molar-refractivity contribution in [3.05, 3.63) is 102 Å². The molecule has 1 spiro atoms. The van der Waals surface area contributed by atoms with Crippen LogP contribution in [0.25, 0.3) is 0 Å². The summed E-state index contributed by atoms with van der Waals surface area (Å²) in [7, 11) is 1.69. The summed E-state index contributed by atoms with van der Waals surface area (Å²) in [6, 6.07) is 29.0. The molecular formula is C33H37NO4. The van der Waals surface area contributed by atoms with E-state index >= 15 is 0 Å². The van der Waals surface area contributed by atoms with E-state index in [1.165, 1.54) is 11.1 Å². The molecule has 198 valence electrons. The first-order chi connectivity index (χ1) is 18.6. The minimum atomic E-state index is -0.103. The third-order valence-corrected chi connectivity index (χ3v) is 8.90. The predicted octanol–water partition coefficient (Wildman–Crippen LogP) is 5.95. The lowest BCUT2D eigenvalue weighted by atomic mass is 9.65. The first kappa shape index (κ1) is 25.1. The number of carbonyl (C=O) groups is 1. The molecule has 1 saturated carbocycles. The van der Waals surface area contributed by atoms with Gasteiger partial charge in [-0.3, -0.25) is 4.79 Å². The van der Waals surface area contributed by atoms with Crippen LogP contribution in [0, 0.1) is 5.92 Å². The summed E-state index contributed by atoms with van der Waals surface area (Å²) in [6.45, 7) is 1.13. The molecule has 3 aromatic rings. The fourth-order valence-corrected chi connectivity index (χ4v) is 7.08. The molecule has 6 rings (SSSR count). The minimum Gasteiger partial charge on any atom is -0.497 e. The minimum absolute atomic E-state index is 0.0241. The quantitative estimate of drug-likeness (QED) is 0.356. The van der Waals surface area contributed by atoms with E-state index in [2.05, 4.69) is 65.6 Å². The number of hydrogen-bond acceptors (Lipinski definition) is 4. The monoisotopic (exact) mass is 511 g/mol. The smallest absolute Gasteiger partial charge is 0.223 e. The lowest BCUT2D eigenvalue weighted by Gasteiger charge is -2.58. The number of piperidine rings is 1. The summed E-state index contributed by atoms with van der Waals surface area (Å²) in [6.07, 6.45) is 5.26. The highest BCUT2D eigenvalue weighted by Crippen LogP contribution is 2.53. The zero-order valence-corrected chi connectivity index (χ0v) is 22.1. The van der Waals surface area contributed by atoms with Crippen molar-refractivity contribution in [3.63, 3.8) is 0 Å². The van der Waals surface area contributed by atoms with Crippen molar-refractivity contribution in [1.82, 2.24) is 4.90 Å². The first-order valence-electron chi connectivity index (χ1n) is 13.9. The predicted molar refractivity (Wildman–Crippen MR) is 147 cm³/mol. The Morgan fingerprint density at radius 3 is 2.13 bits per heavy atom. The first-order valence-corrected chi connectivity index (χ1v) is 13.9. The van der Waals surface area contributed by atoms with Gasteiger partial charge in [0.1, 0.15) is 5.75 Å². The molecule has 5 nitrogen and oxygen atoms in total. The van der Waals surface area contributed by atoms with Crippen molar-refractivity contribution < 1.29 is 19.0 Å². The van der Waals surface area contributed by atoms with E-state index in [-0.39, 0.29) is 35.6 Å². The van der Waals surface area contributed by atoms with Gasteiger partial charge in [-0.05, 0) is 60.9 Å². The Hall–Kier alpha value is -3.15. The van der Waals surface area contributed by atoms with Crippen LogP contribution in [0.2, 0.25) is 0 Å². The molecule has 0 radical (unpaired) electrons. The van der Waals surface area contributed by atoms with Gasteiger partial charge < -0.3 is 19.1 Å². The topological polar surface area (TPSA) is 48.0 Å². The molecule has 0 unspecified atom stereocenters. The average molecular weight is 512 g/mol. The van der Waals surface area contributed by atoms with Crippen LogP contribution < -0.4 is 4.74 Å². The average Bonchev–Trinajstić information content (AvgIpc) is 3.28. The second-order valence-electron chi connectivity index (χ2n) is 11.1. The second kappa shape index (κ2) is 10.9. The van der Waals surface area contributed by atoms with E-state index in [1.807, 2.05) is 24.3 Å². The van der Waals surface area contributed by atoms with E-state index < -0.39 is 0 Å². The molecule has 0 N–H and O–H groups in total. The molecule has 1 aliphatic carbocycles. The molecule has 2 aliphatic heterocycles. The molecular weight excluding hydrogens is 474 g/mol. The second-order valence-corrected chi connectivity index (χ2v) is 11.1. The number of methoxy groups -OCH3 is 1. The van der Waals surface area contributed by atoms with E-state index in [9.17, 15) is 4.79 Å². The van der Waals surface area contributed by atoms with E-state index in [4.69, 9.17) is 14.2 Å². The Labute approximate surface area is 225 Å². The number of fused-ring (bicyclic) bond motifs is 1. The van der Waals surface area contributed by atoms with Gasteiger partial charge in [0, 0.05) is 17.9 Å². The Bertz CT molecular complexity index is 1210. The van der Waals surface area contributed by atoms with Gasteiger partial charge in [0.25, 0.3) is 0 Å². The maximum absolute atomic E-state index is 13.4. The summed E-state index contributed by atoms with van der Waals surface area (Å²) in [5.41, 5.74) is 3.47. The van der Waals surface area contributed by atoms with Crippen LogP contribution >= 0.6 is 0 Å². The van der Waals surface area contributed by atoms with Crippen LogP contribution in [0.5, 0.6) is 5.75 Å². The molecule has 5 atom stereocenters. The largest absolute Gasteiger partial charge is 0.497 e. The Morgan fingerprint density at radius 1 is 0.816 bits per heavy atom. The normalized spacial score (nSPS) is 28.2. The van der Waals surface area contributed by atoms with Gasteiger partial charge in [-0.2, -0.15) is 0 Å². The number of ether oxygens (including phenoxy) is 3. The molecule has 2 heterocycles. The lowest BCUT2D eigenvalue weighted by molar-refractivity contribution is -0.190. The summed E-state index contributed by atoms with van der Waals surface area (Å²) < 4.78 is 18.8. The van der Waals surface area contributed by atoms with Gasteiger partial charge in [0.2, 0.25) is 5.91 Å². The fraction of sp³-hybridized carbons (Fsp3) is 0.424. The fourth-order valence-electron chi connectivity index (χ4n) is 7.08. The van der Waals surface area contributed by atoms with Crippen LogP contribution in [0.1, 0.15) is 48.8 Å². The summed E-state index contributed by atoms with van der Waals surface area (Å²) >= 11 is 0. The molecule has 0 aromatic heterocycles. The van der Waals surface area contributed by atoms with Crippen molar-refractivity contribution in [1.29, 1.82) is 0 Å². The van der Waals surface area contributed by atoms with Crippen molar-refractivity contribution in [3.8, 4) is 5.75 Å². The van der Waals surface area contributed by atoms with Crippen molar-refractivity contribution in [2.75, 3.05) is 7.11 Å². The van der Waals surface area contributed by atoms with E-state index in [1.54, 1.807) is 7.11 Å². The molecule has 1 amide bonds. The van der Waals surface area contributed by atoms with Gasteiger partial charge in [-0.15, -0.1) is 0 Å². The molecule has 5 heteroatoms. The highest BCUT2D eigenvalue weighted by atomic mass is 16.5. The van der Waals surface area contributed by atoms with Gasteiger partial charge in [-0.1, -0.05) is 72.8 Å². The standard InChI is InChI=1S/C33H37NO4/c1-36-27-14-12-24(13-15-27)20-29-32(38-23-26-10-6-3-7-11-26)28-21-33(19-17-31(35)34(29)33)18-16-30(28)37-22-25-8-4-2-5-9-25/h2-15,28-30,32H,16-23H2,1H3/t28-,29-,30-,32-,33+/m0/s1. The highest BCUT2D eigenvalue weighted by Gasteiger charge is 2.60. The molecule has 2 bridgehead atoms. The van der Waals surface area contributed by atoms with Crippen LogP contribution in [-0.2, 0) is 33.9 Å². The number of rotatable bonds is 9. The van der Waals surface area contributed by atoms with E-state index in [0.29, 0.717) is 19.6 Å². The van der Waals surface area contributed by atoms with Gasteiger partial charge >= 0.3 is 0 Å². The zero-order chi connectivity index (χ0) is 26.0. The van der Waals surface area contributed by atoms with Crippen LogP contribution in [0.15, 0.2) is 84.9 Å². The number of hydrogen-bond donors (Lipinski definition) is 0. The number of amides is 1. The Balaban J connectivity index is 1.31. The summed E-state index contributed by atoms with van der Waals surface area (Å²) in [4.78, 5) is 15.7. The Kier molecular flexibility index (Phi) is 7.22. The molecule has 2 saturated heterocycles. The van der Waals surface area contributed by atoms with Gasteiger partial charge in [0.05, 0.1) is 38.6 Å². The third kappa shape index (κ3) is 4.97. The van der Waals surface area contributed by atoms with E-state index in [0.717, 1.165) is 43.4 Å². The number of benzene rings is 3. The molecule has 3 fully saturated rings. The maximum atomic E-state index is 13.4. The Morgan fingerprint density at radius 2 is 1.47 bits per heavy atom. The molecule has 38 heavy (non-hydrogen) atoms. The summed E-state index contributed by atoms with van der Waals surface area (Å²) in [5, 5.41) is 0. The number of carbonyl (C=O) groups excluding carboxylic acids is 1. The van der Waals surface area contributed by atoms with Gasteiger partial charge in [0.15, 0.2) is 0 Å². The molecule has 3 aliphatic rings. The number of nitrogens with zero attached hydrogens (tertiary/aromatic N) is 1. The lowest BCUT2D eigenvalue weighted by Crippen LogP contribution is -2.67. The van der Waals surface area contributed by atoms with Crippen LogP contribution in [0.4, 0.5) is 0 Å². The zero-order valence-electron chi connectivity index (χ0n) is 22.1. The van der Waals surface area contributed by atoms with Crippen molar-refractivity contribution in [2.24, 2.45) is 5.92 Å². The molecule has 3 aromatic carbocycles. The van der Waals surface area contributed by atoms with Gasteiger partial charge in [-0.25, -0.2) is 0 Å².